The van der Waals surface area contributed by atoms with Crippen molar-refractivity contribution in [1.82, 2.24) is 10.2 Å². The van der Waals surface area contributed by atoms with Gasteiger partial charge in [0.15, 0.2) is 0 Å². The van der Waals surface area contributed by atoms with Crippen LogP contribution in [0.1, 0.15) is 5.56 Å². The van der Waals surface area contributed by atoms with Crippen LogP contribution in [0.3, 0.4) is 0 Å². The normalized spacial score (nSPS) is 16.1. The molecular weight excluding hydrogens is 223 g/mol. The molecule has 1 aromatic rings. The van der Waals surface area contributed by atoms with Crippen molar-refractivity contribution in [1.29, 1.82) is 0 Å². The van der Waals surface area contributed by atoms with Gasteiger partial charge in [0.2, 0.25) is 5.91 Å². The number of carbonyl (C=O) groups is 1. The maximum atomic E-state index is 13.2. The highest BCUT2D eigenvalue weighted by Gasteiger charge is 2.19. The number of ether oxygens (including phenoxy) is 1. The van der Waals surface area contributed by atoms with Crippen LogP contribution in [-0.4, -0.2) is 37.6 Å². The van der Waals surface area contributed by atoms with Crippen LogP contribution in [0.25, 0.3) is 0 Å². The van der Waals surface area contributed by atoms with Crippen LogP contribution in [0.5, 0.6) is 5.75 Å². The Morgan fingerprint density at radius 3 is 3.06 bits per heavy atom. The van der Waals surface area contributed by atoms with Gasteiger partial charge in [-0.1, -0.05) is 0 Å². The van der Waals surface area contributed by atoms with Crippen LogP contribution < -0.4 is 10.1 Å². The van der Waals surface area contributed by atoms with Crippen molar-refractivity contribution in [2.75, 3.05) is 26.7 Å². The van der Waals surface area contributed by atoms with Crippen molar-refractivity contribution in [3.05, 3.63) is 29.6 Å². The molecule has 1 heterocycles. The molecule has 1 aliphatic rings. The van der Waals surface area contributed by atoms with Gasteiger partial charge in [-0.05, 0) is 18.2 Å². The van der Waals surface area contributed by atoms with Gasteiger partial charge in [0.25, 0.3) is 0 Å². The summed E-state index contributed by atoms with van der Waals surface area (Å²) >= 11 is 0. The molecule has 1 saturated heterocycles. The average Bonchev–Trinajstić information content (AvgIpc) is 2.32. The Morgan fingerprint density at radius 2 is 2.35 bits per heavy atom. The number of halogens is 1. The summed E-state index contributed by atoms with van der Waals surface area (Å²) in [7, 11) is 1.54. The van der Waals surface area contributed by atoms with Gasteiger partial charge in [-0.15, -0.1) is 0 Å². The number of benzene rings is 1. The van der Waals surface area contributed by atoms with E-state index < -0.39 is 0 Å². The van der Waals surface area contributed by atoms with E-state index in [0.717, 1.165) is 6.54 Å². The lowest BCUT2D eigenvalue weighted by atomic mass is 10.1. The number of hydrogen-bond acceptors (Lipinski definition) is 3. The lowest BCUT2D eigenvalue weighted by Gasteiger charge is -2.27. The fourth-order valence-electron chi connectivity index (χ4n) is 1.89. The van der Waals surface area contributed by atoms with E-state index in [1.165, 1.54) is 19.2 Å². The Labute approximate surface area is 99.4 Å². The number of nitrogens with zero attached hydrogens (tertiary/aromatic N) is 1. The quantitative estimate of drug-likeness (QED) is 0.845. The lowest BCUT2D eigenvalue weighted by molar-refractivity contribution is -0.132. The largest absolute Gasteiger partial charge is 0.496 e. The van der Waals surface area contributed by atoms with E-state index in [1.54, 1.807) is 11.0 Å². The van der Waals surface area contributed by atoms with Gasteiger partial charge in [-0.2, -0.15) is 0 Å². The molecule has 0 unspecified atom stereocenters. The summed E-state index contributed by atoms with van der Waals surface area (Å²) in [5.41, 5.74) is 0.697. The van der Waals surface area contributed by atoms with Crippen molar-refractivity contribution in [2.45, 2.75) is 6.54 Å². The Balaban J connectivity index is 2.16. The second kappa shape index (κ2) is 5.14. The van der Waals surface area contributed by atoms with Crippen LogP contribution in [0.15, 0.2) is 18.2 Å². The minimum atomic E-state index is -0.316. The highest BCUT2D eigenvalue weighted by Crippen LogP contribution is 2.21. The molecule has 17 heavy (non-hydrogen) atoms. The summed E-state index contributed by atoms with van der Waals surface area (Å²) < 4.78 is 18.3. The Kier molecular flexibility index (Phi) is 3.58. The number of methoxy groups -OCH3 is 1. The lowest BCUT2D eigenvalue weighted by Crippen LogP contribution is -2.47. The molecule has 1 amide bonds. The van der Waals surface area contributed by atoms with E-state index in [2.05, 4.69) is 5.32 Å². The fraction of sp³-hybridized carbons (Fsp3) is 0.417. The Bertz CT molecular complexity index is 423. The average molecular weight is 238 g/mol. The number of nitrogens with one attached hydrogen (secondary N) is 1. The highest BCUT2D eigenvalue weighted by atomic mass is 19.1. The van der Waals surface area contributed by atoms with Gasteiger partial charge < -0.3 is 15.0 Å². The van der Waals surface area contributed by atoms with Crippen LogP contribution >= 0.6 is 0 Å². The predicted molar refractivity (Wildman–Crippen MR) is 61.2 cm³/mol. The standard InChI is InChI=1S/C12H15FN2O2/c1-17-11-3-2-10(13)6-9(11)8-15-5-4-14-7-12(15)16/h2-3,6,14H,4-5,7-8H2,1H3. The second-order valence-electron chi connectivity index (χ2n) is 3.95. The number of rotatable bonds is 3. The molecule has 0 spiro atoms. The van der Waals surface area contributed by atoms with E-state index in [4.69, 9.17) is 4.74 Å². The summed E-state index contributed by atoms with van der Waals surface area (Å²) in [5.74, 6) is 0.323. The third-order valence-electron chi connectivity index (χ3n) is 2.79. The summed E-state index contributed by atoms with van der Waals surface area (Å²) in [6, 6.07) is 4.34. The first-order valence-electron chi connectivity index (χ1n) is 5.51. The van der Waals surface area contributed by atoms with E-state index >= 15 is 0 Å². The fourth-order valence-corrected chi connectivity index (χ4v) is 1.89. The van der Waals surface area contributed by atoms with Gasteiger partial charge in [0, 0.05) is 25.2 Å². The van der Waals surface area contributed by atoms with Gasteiger partial charge >= 0.3 is 0 Å². The van der Waals surface area contributed by atoms with Crippen molar-refractivity contribution < 1.29 is 13.9 Å². The molecule has 0 saturated carbocycles. The van der Waals surface area contributed by atoms with E-state index in [-0.39, 0.29) is 11.7 Å². The monoisotopic (exact) mass is 238 g/mol. The zero-order chi connectivity index (χ0) is 12.3. The maximum absolute atomic E-state index is 13.2. The molecule has 1 fully saturated rings. The molecular formula is C12H15FN2O2. The maximum Gasteiger partial charge on any atom is 0.236 e. The second-order valence-corrected chi connectivity index (χ2v) is 3.95. The third kappa shape index (κ3) is 2.74. The SMILES string of the molecule is COc1ccc(F)cc1CN1CCNCC1=O. The van der Waals surface area contributed by atoms with Gasteiger partial charge in [-0.3, -0.25) is 4.79 Å². The summed E-state index contributed by atoms with van der Waals surface area (Å²) in [4.78, 5) is 13.3. The number of piperazine rings is 1. The topological polar surface area (TPSA) is 41.6 Å². The molecule has 0 aromatic heterocycles. The minimum Gasteiger partial charge on any atom is -0.496 e. The van der Waals surface area contributed by atoms with Gasteiger partial charge in [-0.25, -0.2) is 4.39 Å². The molecule has 4 nitrogen and oxygen atoms in total. The Morgan fingerprint density at radius 1 is 1.53 bits per heavy atom. The first-order chi connectivity index (χ1) is 8.20. The molecule has 1 aliphatic heterocycles. The van der Waals surface area contributed by atoms with Crippen LogP contribution in [-0.2, 0) is 11.3 Å². The molecule has 0 bridgehead atoms. The number of carbonyl (C=O) groups excluding carboxylic acids is 1. The van der Waals surface area contributed by atoms with E-state index in [9.17, 15) is 9.18 Å². The van der Waals surface area contributed by atoms with Gasteiger partial charge in [0.05, 0.1) is 13.7 Å². The molecule has 1 aromatic carbocycles. The predicted octanol–water partition coefficient (Wildman–Crippen LogP) is 0.766. The zero-order valence-electron chi connectivity index (χ0n) is 9.70. The summed E-state index contributed by atoms with van der Waals surface area (Å²) in [6.45, 7) is 2.14. The van der Waals surface area contributed by atoms with Crippen LogP contribution in [0.4, 0.5) is 4.39 Å². The van der Waals surface area contributed by atoms with Crippen LogP contribution in [0.2, 0.25) is 0 Å². The third-order valence-corrected chi connectivity index (χ3v) is 2.79. The molecule has 92 valence electrons. The first-order valence-corrected chi connectivity index (χ1v) is 5.51. The van der Waals surface area contributed by atoms with Crippen molar-refractivity contribution in [3.63, 3.8) is 0 Å². The summed E-state index contributed by atoms with van der Waals surface area (Å²) in [5, 5.41) is 2.99. The number of amides is 1. The minimum absolute atomic E-state index is 0.0302. The molecule has 5 heteroatoms. The van der Waals surface area contributed by atoms with E-state index in [0.29, 0.717) is 30.9 Å². The molecule has 2 rings (SSSR count). The van der Waals surface area contributed by atoms with Crippen LogP contribution in [0, 0.1) is 5.82 Å². The van der Waals surface area contributed by atoms with Crippen molar-refractivity contribution in [2.24, 2.45) is 0 Å². The smallest absolute Gasteiger partial charge is 0.236 e. The molecule has 0 atom stereocenters. The zero-order valence-corrected chi connectivity index (χ0v) is 9.70. The number of hydrogen-bond donors (Lipinski definition) is 1. The molecule has 0 aliphatic carbocycles. The highest BCUT2D eigenvalue weighted by molar-refractivity contribution is 5.79. The van der Waals surface area contributed by atoms with Gasteiger partial charge in [0.1, 0.15) is 11.6 Å². The Hall–Kier alpha value is -1.62. The molecule has 0 radical (unpaired) electrons. The first kappa shape index (κ1) is 11.9. The summed E-state index contributed by atoms with van der Waals surface area (Å²) in [6.07, 6.45) is 0. The van der Waals surface area contributed by atoms with E-state index in [1.807, 2.05) is 0 Å². The van der Waals surface area contributed by atoms with Crippen molar-refractivity contribution >= 4 is 5.91 Å². The van der Waals surface area contributed by atoms with Crippen molar-refractivity contribution in [3.8, 4) is 5.75 Å². The molecule has 1 N–H and O–H groups in total.